The second kappa shape index (κ2) is 7.18. The van der Waals surface area contributed by atoms with E-state index in [2.05, 4.69) is 25.0 Å². The van der Waals surface area contributed by atoms with Crippen LogP contribution >= 0.6 is 0 Å². The van der Waals surface area contributed by atoms with Crippen LogP contribution in [0.3, 0.4) is 0 Å². The van der Waals surface area contributed by atoms with Gasteiger partial charge in [0.15, 0.2) is 0 Å². The van der Waals surface area contributed by atoms with E-state index in [4.69, 9.17) is 10.5 Å². The van der Waals surface area contributed by atoms with Gasteiger partial charge in [0.25, 0.3) is 11.7 Å². The molecule has 4 heterocycles. The van der Waals surface area contributed by atoms with Crippen molar-refractivity contribution >= 4 is 17.5 Å². The number of anilines is 1. The topological polar surface area (TPSA) is 112 Å². The van der Waals surface area contributed by atoms with Crippen LogP contribution in [-0.4, -0.2) is 50.2 Å². The Hall–Kier alpha value is -3.23. The van der Waals surface area contributed by atoms with E-state index in [1.807, 2.05) is 13.0 Å². The number of nitrogens with zero attached hydrogens (tertiary/aromatic N) is 6. The Morgan fingerprint density at radius 1 is 1.30 bits per heavy atom. The molecular weight excluding hydrogens is 346 g/mol. The number of hydrogen-bond acceptors (Lipinski definition) is 7. The Morgan fingerprint density at radius 3 is 2.89 bits per heavy atom. The third-order valence-corrected chi connectivity index (χ3v) is 4.77. The van der Waals surface area contributed by atoms with Gasteiger partial charge in [-0.15, -0.1) is 0 Å². The van der Waals surface area contributed by atoms with Crippen molar-refractivity contribution in [1.82, 2.24) is 24.6 Å². The van der Waals surface area contributed by atoms with E-state index in [1.54, 1.807) is 16.6 Å². The van der Waals surface area contributed by atoms with E-state index < -0.39 is 5.91 Å². The van der Waals surface area contributed by atoms with E-state index in [1.165, 1.54) is 12.5 Å². The highest BCUT2D eigenvalue weighted by Gasteiger charge is 2.22. The van der Waals surface area contributed by atoms with Gasteiger partial charge in [-0.05, 0) is 31.7 Å². The van der Waals surface area contributed by atoms with Crippen LogP contribution in [-0.2, 0) is 0 Å². The fourth-order valence-corrected chi connectivity index (χ4v) is 3.31. The van der Waals surface area contributed by atoms with Gasteiger partial charge in [0, 0.05) is 37.1 Å². The van der Waals surface area contributed by atoms with E-state index in [9.17, 15) is 4.79 Å². The molecule has 1 amide bonds. The number of amides is 1. The van der Waals surface area contributed by atoms with Crippen molar-refractivity contribution in [2.24, 2.45) is 11.7 Å². The van der Waals surface area contributed by atoms with Crippen molar-refractivity contribution in [2.75, 3.05) is 24.6 Å². The molecule has 0 unspecified atom stereocenters. The van der Waals surface area contributed by atoms with Crippen LogP contribution in [0.5, 0.6) is 5.75 Å². The second-order valence-corrected chi connectivity index (χ2v) is 6.71. The zero-order chi connectivity index (χ0) is 18.8. The summed E-state index contributed by atoms with van der Waals surface area (Å²) in [5.74, 6) is 2.16. The predicted octanol–water partition coefficient (Wildman–Crippen LogP) is 1.22. The first-order valence-electron chi connectivity index (χ1n) is 8.91. The molecule has 3 aromatic rings. The second-order valence-electron chi connectivity index (χ2n) is 6.71. The molecule has 27 heavy (non-hydrogen) atoms. The summed E-state index contributed by atoms with van der Waals surface area (Å²) in [6, 6.07) is 5.36. The number of aryl methyl sites for hydroxylation is 1. The summed E-state index contributed by atoms with van der Waals surface area (Å²) in [6.45, 7) is 4.39. The van der Waals surface area contributed by atoms with Gasteiger partial charge in [-0.1, -0.05) is 0 Å². The van der Waals surface area contributed by atoms with Crippen molar-refractivity contribution in [3.63, 3.8) is 0 Å². The number of piperidine rings is 1. The van der Waals surface area contributed by atoms with E-state index in [-0.39, 0.29) is 5.69 Å². The molecular formula is C18H21N7O2. The maximum Gasteiger partial charge on any atom is 0.267 e. The minimum absolute atomic E-state index is 0.215. The zero-order valence-corrected chi connectivity index (χ0v) is 15.1. The largest absolute Gasteiger partial charge is 0.493 e. The molecule has 3 aromatic heterocycles. The molecule has 0 aromatic carbocycles. The third kappa shape index (κ3) is 3.67. The molecule has 0 spiro atoms. The molecule has 4 rings (SSSR count). The fourth-order valence-electron chi connectivity index (χ4n) is 3.31. The molecule has 0 atom stereocenters. The molecule has 1 aliphatic rings. The summed E-state index contributed by atoms with van der Waals surface area (Å²) in [5, 5.41) is 4.29. The van der Waals surface area contributed by atoms with Crippen molar-refractivity contribution < 1.29 is 9.53 Å². The zero-order valence-electron chi connectivity index (χ0n) is 15.1. The van der Waals surface area contributed by atoms with Crippen LogP contribution in [0.4, 0.5) is 5.82 Å². The molecule has 0 radical (unpaired) electrons. The smallest absolute Gasteiger partial charge is 0.267 e. The van der Waals surface area contributed by atoms with Crippen molar-refractivity contribution in [1.29, 1.82) is 0 Å². The maximum absolute atomic E-state index is 11.2. The molecule has 0 saturated carbocycles. The number of primary amides is 1. The Bertz CT molecular complexity index is 963. The van der Waals surface area contributed by atoms with Gasteiger partial charge in [0.1, 0.15) is 23.6 Å². The molecule has 9 heteroatoms. The van der Waals surface area contributed by atoms with Crippen LogP contribution in [0.1, 0.15) is 29.0 Å². The molecule has 140 valence electrons. The number of carbonyl (C=O) groups excluding carboxylic acids is 1. The van der Waals surface area contributed by atoms with E-state index in [0.29, 0.717) is 24.1 Å². The normalized spacial score (nSPS) is 15.2. The molecule has 9 nitrogen and oxygen atoms in total. The highest BCUT2D eigenvalue weighted by molar-refractivity contribution is 5.91. The highest BCUT2D eigenvalue weighted by atomic mass is 16.5. The summed E-state index contributed by atoms with van der Waals surface area (Å²) in [6.07, 6.45) is 5.07. The molecule has 1 saturated heterocycles. The van der Waals surface area contributed by atoms with Gasteiger partial charge in [0.2, 0.25) is 0 Å². The predicted molar refractivity (Wildman–Crippen MR) is 98.7 cm³/mol. The van der Waals surface area contributed by atoms with Gasteiger partial charge in [-0.25, -0.2) is 4.98 Å². The van der Waals surface area contributed by atoms with Gasteiger partial charge in [0.05, 0.1) is 6.61 Å². The van der Waals surface area contributed by atoms with Gasteiger partial charge in [-0.3, -0.25) is 9.78 Å². The first kappa shape index (κ1) is 17.2. The Kier molecular flexibility index (Phi) is 4.57. The van der Waals surface area contributed by atoms with Gasteiger partial charge < -0.3 is 15.4 Å². The van der Waals surface area contributed by atoms with E-state index in [0.717, 1.165) is 37.4 Å². The average Bonchev–Trinajstić information content (AvgIpc) is 3.14. The third-order valence-electron chi connectivity index (χ3n) is 4.77. The summed E-state index contributed by atoms with van der Waals surface area (Å²) in [7, 11) is 0. The minimum atomic E-state index is -0.555. The number of ether oxygens (including phenoxy) is 1. The standard InChI is InChI=1S/C18H21N7O2/c1-12-8-16(25-18(23-12)21-11-22-25)24-6-3-13(4-7-24)10-27-14-2-5-20-15(9-14)17(19)26/h2,5,8-9,11,13H,3-4,6-7,10H2,1H3,(H2,19,26). The lowest BCUT2D eigenvalue weighted by Gasteiger charge is -2.33. The number of rotatable bonds is 5. The summed E-state index contributed by atoms with van der Waals surface area (Å²) >= 11 is 0. The lowest BCUT2D eigenvalue weighted by molar-refractivity contribution is 0.0995. The van der Waals surface area contributed by atoms with Gasteiger partial charge in [-0.2, -0.15) is 14.6 Å². The summed E-state index contributed by atoms with van der Waals surface area (Å²) in [4.78, 5) is 26.0. The maximum atomic E-state index is 11.2. The Morgan fingerprint density at radius 2 is 2.11 bits per heavy atom. The van der Waals surface area contributed by atoms with Crippen molar-refractivity contribution in [2.45, 2.75) is 19.8 Å². The first-order valence-corrected chi connectivity index (χ1v) is 8.91. The van der Waals surface area contributed by atoms with Crippen LogP contribution in [0.25, 0.3) is 5.78 Å². The van der Waals surface area contributed by atoms with E-state index >= 15 is 0 Å². The number of fused-ring (bicyclic) bond motifs is 1. The van der Waals surface area contributed by atoms with Gasteiger partial charge >= 0.3 is 0 Å². The van der Waals surface area contributed by atoms with Crippen LogP contribution in [0.15, 0.2) is 30.7 Å². The van der Waals surface area contributed by atoms with Crippen LogP contribution < -0.4 is 15.4 Å². The number of nitrogens with two attached hydrogens (primary N) is 1. The molecule has 1 fully saturated rings. The fraction of sp³-hybridized carbons (Fsp3) is 0.389. The molecule has 0 bridgehead atoms. The van der Waals surface area contributed by atoms with Crippen molar-refractivity contribution in [3.8, 4) is 5.75 Å². The average molecular weight is 367 g/mol. The Labute approximate surface area is 156 Å². The summed E-state index contributed by atoms with van der Waals surface area (Å²) < 4.78 is 7.63. The quantitative estimate of drug-likeness (QED) is 0.721. The molecule has 0 aliphatic carbocycles. The number of hydrogen-bond donors (Lipinski definition) is 1. The number of aromatic nitrogens is 5. The number of carbonyl (C=O) groups is 1. The lowest BCUT2D eigenvalue weighted by atomic mass is 9.98. The summed E-state index contributed by atoms with van der Waals surface area (Å²) in [5.41, 5.74) is 6.40. The minimum Gasteiger partial charge on any atom is -0.493 e. The lowest BCUT2D eigenvalue weighted by Crippen LogP contribution is -2.36. The van der Waals surface area contributed by atoms with Crippen LogP contribution in [0, 0.1) is 12.8 Å². The highest BCUT2D eigenvalue weighted by Crippen LogP contribution is 2.24. The first-order chi connectivity index (χ1) is 13.1. The van der Waals surface area contributed by atoms with Crippen LogP contribution in [0.2, 0.25) is 0 Å². The molecule has 1 aliphatic heterocycles. The van der Waals surface area contributed by atoms with Crippen molar-refractivity contribution in [3.05, 3.63) is 42.1 Å². The Balaban J connectivity index is 1.37. The monoisotopic (exact) mass is 367 g/mol. The number of pyridine rings is 1. The SMILES string of the molecule is Cc1cc(N2CCC(COc3ccnc(C(N)=O)c3)CC2)n2ncnc2n1. The molecule has 2 N–H and O–H groups in total.